The molecule has 2 heteroatoms. The smallest absolute Gasteiger partial charge is 0.0278 e. The van der Waals surface area contributed by atoms with Crippen molar-refractivity contribution in [1.29, 1.82) is 0 Å². The third-order valence-electron chi connectivity index (χ3n) is 3.91. The highest BCUT2D eigenvalue weighted by atomic mass is 15.1. The standard InChI is InChI=1S/C12H24N2/c1-3-10-8-11(10)13-9-12(2)6-4-5-7-14-12/h10-11,13-14H,3-9H2,1-2H3. The molecule has 3 unspecified atom stereocenters. The molecule has 1 saturated heterocycles. The molecular weight excluding hydrogens is 172 g/mol. The zero-order valence-corrected chi connectivity index (χ0v) is 9.60. The molecule has 0 bridgehead atoms. The van der Waals surface area contributed by atoms with Crippen molar-refractivity contribution in [3.63, 3.8) is 0 Å². The van der Waals surface area contributed by atoms with Crippen molar-refractivity contribution in [3.05, 3.63) is 0 Å². The SMILES string of the molecule is CCC1CC1NCC1(C)CCCCN1. The summed E-state index contributed by atoms with van der Waals surface area (Å²) in [5.74, 6) is 0.974. The molecule has 3 atom stereocenters. The largest absolute Gasteiger partial charge is 0.312 e. The summed E-state index contributed by atoms with van der Waals surface area (Å²) in [7, 11) is 0. The van der Waals surface area contributed by atoms with Crippen LogP contribution in [0.15, 0.2) is 0 Å². The van der Waals surface area contributed by atoms with Gasteiger partial charge in [0.1, 0.15) is 0 Å². The second-order valence-corrected chi connectivity index (χ2v) is 5.34. The van der Waals surface area contributed by atoms with Crippen LogP contribution in [0, 0.1) is 5.92 Å². The van der Waals surface area contributed by atoms with E-state index in [0.717, 1.165) is 18.5 Å². The van der Waals surface area contributed by atoms with Gasteiger partial charge in [-0.3, -0.25) is 0 Å². The van der Waals surface area contributed by atoms with Crippen LogP contribution in [0.4, 0.5) is 0 Å². The van der Waals surface area contributed by atoms with E-state index >= 15 is 0 Å². The van der Waals surface area contributed by atoms with Gasteiger partial charge in [-0.05, 0) is 38.6 Å². The van der Waals surface area contributed by atoms with Crippen LogP contribution in [-0.2, 0) is 0 Å². The third-order valence-corrected chi connectivity index (χ3v) is 3.91. The summed E-state index contributed by atoms with van der Waals surface area (Å²) in [5, 5.41) is 7.35. The minimum atomic E-state index is 0.374. The lowest BCUT2D eigenvalue weighted by Crippen LogP contribution is -2.53. The Hall–Kier alpha value is -0.0800. The van der Waals surface area contributed by atoms with Gasteiger partial charge in [-0.2, -0.15) is 0 Å². The van der Waals surface area contributed by atoms with Crippen molar-refractivity contribution >= 4 is 0 Å². The van der Waals surface area contributed by atoms with E-state index in [0.29, 0.717) is 5.54 Å². The molecule has 14 heavy (non-hydrogen) atoms. The Morgan fingerprint density at radius 3 is 2.86 bits per heavy atom. The highest BCUT2D eigenvalue weighted by molar-refractivity contribution is 4.96. The van der Waals surface area contributed by atoms with Gasteiger partial charge in [0, 0.05) is 18.1 Å². The van der Waals surface area contributed by atoms with E-state index in [1.807, 2.05) is 0 Å². The van der Waals surface area contributed by atoms with E-state index in [1.54, 1.807) is 0 Å². The quantitative estimate of drug-likeness (QED) is 0.717. The molecule has 0 aromatic heterocycles. The molecule has 1 heterocycles. The molecule has 0 aromatic rings. The fourth-order valence-corrected chi connectivity index (χ4v) is 2.57. The number of rotatable bonds is 4. The molecule has 0 amide bonds. The summed E-state index contributed by atoms with van der Waals surface area (Å²) in [6.07, 6.45) is 6.85. The monoisotopic (exact) mass is 196 g/mol. The highest BCUT2D eigenvalue weighted by Gasteiger charge is 2.36. The molecular formula is C12H24N2. The Labute approximate surface area is 87.8 Å². The van der Waals surface area contributed by atoms with Crippen LogP contribution >= 0.6 is 0 Å². The van der Waals surface area contributed by atoms with Crippen LogP contribution in [0.25, 0.3) is 0 Å². The van der Waals surface area contributed by atoms with Gasteiger partial charge in [0.2, 0.25) is 0 Å². The topological polar surface area (TPSA) is 24.1 Å². The number of nitrogens with one attached hydrogen (secondary N) is 2. The molecule has 2 nitrogen and oxygen atoms in total. The molecule has 1 aliphatic heterocycles. The minimum Gasteiger partial charge on any atom is -0.312 e. The Kier molecular flexibility index (Phi) is 3.13. The van der Waals surface area contributed by atoms with Crippen LogP contribution < -0.4 is 10.6 Å². The van der Waals surface area contributed by atoms with Crippen molar-refractivity contribution in [3.8, 4) is 0 Å². The molecule has 0 aromatic carbocycles. The van der Waals surface area contributed by atoms with Crippen molar-refractivity contribution < 1.29 is 0 Å². The van der Waals surface area contributed by atoms with Gasteiger partial charge in [-0.15, -0.1) is 0 Å². The lowest BCUT2D eigenvalue weighted by Gasteiger charge is -2.35. The summed E-state index contributed by atoms with van der Waals surface area (Å²) in [6.45, 7) is 7.03. The van der Waals surface area contributed by atoms with Crippen LogP contribution in [0.3, 0.4) is 0 Å². The maximum absolute atomic E-state index is 3.71. The lowest BCUT2D eigenvalue weighted by atomic mass is 9.91. The van der Waals surface area contributed by atoms with Crippen LogP contribution in [-0.4, -0.2) is 24.7 Å². The number of piperidine rings is 1. The second-order valence-electron chi connectivity index (χ2n) is 5.34. The Morgan fingerprint density at radius 2 is 2.29 bits per heavy atom. The molecule has 1 saturated carbocycles. The van der Waals surface area contributed by atoms with Crippen molar-refractivity contribution in [2.75, 3.05) is 13.1 Å². The predicted molar refractivity (Wildman–Crippen MR) is 60.4 cm³/mol. The average molecular weight is 196 g/mol. The maximum atomic E-state index is 3.71. The van der Waals surface area contributed by atoms with E-state index in [9.17, 15) is 0 Å². The predicted octanol–water partition coefficient (Wildman–Crippen LogP) is 1.91. The summed E-state index contributed by atoms with van der Waals surface area (Å²) >= 11 is 0. The van der Waals surface area contributed by atoms with Gasteiger partial charge in [0.25, 0.3) is 0 Å². The highest BCUT2D eigenvalue weighted by Crippen LogP contribution is 2.33. The molecule has 0 radical (unpaired) electrons. The van der Waals surface area contributed by atoms with Gasteiger partial charge in [-0.25, -0.2) is 0 Å². The van der Waals surface area contributed by atoms with Gasteiger partial charge >= 0.3 is 0 Å². The van der Waals surface area contributed by atoms with Gasteiger partial charge < -0.3 is 10.6 Å². The maximum Gasteiger partial charge on any atom is 0.0278 e. The first-order valence-corrected chi connectivity index (χ1v) is 6.22. The van der Waals surface area contributed by atoms with Gasteiger partial charge in [0.15, 0.2) is 0 Å². The van der Waals surface area contributed by atoms with E-state index < -0.39 is 0 Å². The van der Waals surface area contributed by atoms with Gasteiger partial charge in [0.05, 0.1) is 0 Å². The lowest BCUT2D eigenvalue weighted by molar-refractivity contribution is 0.265. The Morgan fingerprint density at radius 1 is 1.43 bits per heavy atom. The molecule has 2 rings (SSSR count). The van der Waals surface area contributed by atoms with E-state index in [4.69, 9.17) is 0 Å². The van der Waals surface area contributed by atoms with Crippen LogP contribution in [0.5, 0.6) is 0 Å². The number of hydrogen-bond donors (Lipinski definition) is 2. The third kappa shape index (κ3) is 2.48. The van der Waals surface area contributed by atoms with Crippen LogP contribution in [0.1, 0.15) is 46.0 Å². The normalized spacial score (nSPS) is 42.4. The van der Waals surface area contributed by atoms with E-state index in [2.05, 4.69) is 24.5 Å². The Bertz CT molecular complexity index is 185. The summed E-state index contributed by atoms with van der Waals surface area (Å²) in [5.41, 5.74) is 0.374. The first-order chi connectivity index (χ1) is 6.73. The summed E-state index contributed by atoms with van der Waals surface area (Å²) in [6, 6.07) is 0.834. The van der Waals surface area contributed by atoms with E-state index in [-0.39, 0.29) is 0 Å². The molecule has 2 fully saturated rings. The van der Waals surface area contributed by atoms with Gasteiger partial charge in [-0.1, -0.05) is 19.8 Å². The average Bonchev–Trinajstić information content (AvgIpc) is 2.95. The molecule has 1 aliphatic carbocycles. The van der Waals surface area contributed by atoms with Crippen molar-refractivity contribution in [1.82, 2.24) is 10.6 Å². The number of hydrogen-bond acceptors (Lipinski definition) is 2. The van der Waals surface area contributed by atoms with Crippen molar-refractivity contribution in [2.45, 2.75) is 57.5 Å². The first-order valence-electron chi connectivity index (χ1n) is 6.22. The zero-order chi connectivity index (χ0) is 10.0. The van der Waals surface area contributed by atoms with E-state index in [1.165, 1.54) is 38.6 Å². The minimum absolute atomic E-state index is 0.374. The Balaban J connectivity index is 1.69. The summed E-state index contributed by atoms with van der Waals surface area (Å²) in [4.78, 5) is 0. The molecule has 82 valence electrons. The molecule has 2 aliphatic rings. The summed E-state index contributed by atoms with van der Waals surface area (Å²) < 4.78 is 0. The van der Waals surface area contributed by atoms with Crippen LogP contribution in [0.2, 0.25) is 0 Å². The molecule has 2 N–H and O–H groups in total. The zero-order valence-electron chi connectivity index (χ0n) is 9.60. The van der Waals surface area contributed by atoms with Crippen molar-refractivity contribution in [2.24, 2.45) is 5.92 Å². The first kappa shape index (κ1) is 10.4. The molecule has 0 spiro atoms. The fourth-order valence-electron chi connectivity index (χ4n) is 2.57. The fraction of sp³-hybridized carbons (Fsp3) is 1.00. The second kappa shape index (κ2) is 4.19.